The third-order valence-electron chi connectivity index (χ3n) is 3.27. The molecule has 2 rings (SSSR count). The van der Waals surface area contributed by atoms with Gasteiger partial charge in [0.15, 0.2) is 0 Å². The van der Waals surface area contributed by atoms with E-state index >= 15 is 0 Å². The van der Waals surface area contributed by atoms with Gasteiger partial charge < -0.3 is 10.8 Å². The molecule has 82 valence electrons. The lowest BCUT2D eigenvalue weighted by Gasteiger charge is -2.17. The van der Waals surface area contributed by atoms with E-state index in [1.54, 1.807) is 0 Å². The van der Waals surface area contributed by atoms with Crippen LogP contribution in [0.5, 0.6) is 0 Å². The summed E-state index contributed by atoms with van der Waals surface area (Å²) >= 11 is 0. The summed E-state index contributed by atoms with van der Waals surface area (Å²) in [4.78, 5) is 10.5. The van der Waals surface area contributed by atoms with E-state index in [-0.39, 0.29) is 31.2 Å². The monoisotopic (exact) mass is 227 g/mol. The van der Waals surface area contributed by atoms with E-state index in [1.165, 1.54) is 0 Å². The summed E-state index contributed by atoms with van der Waals surface area (Å²) in [5, 5.41) is 8.56. The molecule has 2 aliphatic rings. The fourth-order valence-electron chi connectivity index (χ4n) is 2.35. The summed E-state index contributed by atoms with van der Waals surface area (Å²) in [7, 11) is 0. The molecule has 0 aromatic rings. The fraction of sp³-hybridized carbons (Fsp3) is 0.875. The van der Waals surface area contributed by atoms with Crippen LogP contribution in [0.4, 0.5) is 8.78 Å². The second kappa shape index (κ2) is 3.31. The molecule has 0 amide bonds. The van der Waals surface area contributed by atoms with Crippen molar-refractivity contribution < 1.29 is 18.7 Å². The third-order valence-corrected chi connectivity index (χ3v) is 3.27. The first-order valence-corrected chi connectivity index (χ1v) is 4.30. The Labute approximate surface area is 86.1 Å². The number of hydrogen-bond donors (Lipinski definition) is 2. The maximum Gasteiger partial charge on any atom is 0.320 e. The van der Waals surface area contributed by atoms with Crippen molar-refractivity contribution in [2.45, 2.75) is 24.8 Å². The second-order valence-corrected chi connectivity index (χ2v) is 3.98. The number of halogens is 3. The molecule has 3 N–H and O–H groups in total. The molecule has 2 aliphatic carbocycles. The lowest BCUT2D eigenvalue weighted by Crippen LogP contribution is -2.38. The summed E-state index contributed by atoms with van der Waals surface area (Å²) in [5.74, 6) is -5.07. The van der Waals surface area contributed by atoms with E-state index in [1.807, 2.05) is 0 Å². The van der Waals surface area contributed by atoms with Gasteiger partial charge in [0.25, 0.3) is 5.92 Å². The van der Waals surface area contributed by atoms with Gasteiger partial charge in [-0.15, -0.1) is 12.4 Å². The van der Waals surface area contributed by atoms with E-state index in [4.69, 9.17) is 10.8 Å². The first kappa shape index (κ1) is 11.7. The topological polar surface area (TPSA) is 63.3 Å². The van der Waals surface area contributed by atoms with Crippen LogP contribution in [0, 0.1) is 17.8 Å². The Morgan fingerprint density at radius 3 is 2.21 bits per heavy atom. The highest BCUT2D eigenvalue weighted by Gasteiger charge is 2.72. The summed E-state index contributed by atoms with van der Waals surface area (Å²) in [6.45, 7) is 0. The highest BCUT2D eigenvalue weighted by Crippen LogP contribution is 2.65. The van der Waals surface area contributed by atoms with Crippen molar-refractivity contribution in [3.8, 4) is 0 Å². The van der Waals surface area contributed by atoms with Gasteiger partial charge >= 0.3 is 5.97 Å². The van der Waals surface area contributed by atoms with Crippen molar-refractivity contribution in [1.29, 1.82) is 0 Å². The van der Waals surface area contributed by atoms with Gasteiger partial charge in [-0.05, 0) is 18.8 Å². The van der Waals surface area contributed by atoms with Gasteiger partial charge in [0.1, 0.15) is 6.04 Å². The van der Waals surface area contributed by atoms with Crippen LogP contribution in [-0.4, -0.2) is 23.0 Å². The number of nitrogens with two attached hydrogens (primary N) is 1. The molecule has 3 atom stereocenters. The van der Waals surface area contributed by atoms with Crippen LogP contribution >= 0.6 is 12.4 Å². The maximum absolute atomic E-state index is 12.7. The minimum Gasteiger partial charge on any atom is -0.480 e. The Morgan fingerprint density at radius 2 is 1.86 bits per heavy atom. The van der Waals surface area contributed by atoms with Crippen molar-refractivity contribution in [2.75, 3.05) is 0 Å². The molecule has 0 saturated heterocycles. The second-order valence-electron chi connectivity index (χ2n) is 3.98. The van der Waals surface area contributed by atoms with Gasteiger partial charge in [-0.25, -0.2) is 8.78 Å². The standard InChI is InChI=1S/C8H11F2NO2.ClH/c9-8(10)4-1-3(2-5(4)8)6(11)7(12)13;/h3-6H,1-2,11H2,(H,12,13);1H. The molecule has 0 aliphatic heterocycles. The summed E-state index contributed by atoms with van der Waals surface area (Å²) in [6, 6.07) is -0.969. The van der Waals surface area contributed by atoms with Crippen molar-refractivity contribution in [1.82, 2.24) is 0 Å². The SMILES string of the molecule is Cl.NC(C(=O)O)C1CC2C(C1)C2(F)F. The fourth-order valence-corrected chi connectivity index (χ4v) is 2.35. The molecule has 14 heavy (non-hydrogen) atoms. The number of carboxylic acid groups (broad SMARTS) is 1. The third kappa shape index (κ3) is 1.48. The Bertz CT molecular complexity index is 248. The van der Waals surface area contributed by atoms with Gasteiger partial charge in [-0.2, -0.15) is 0 Å². The van der Waals surface area contributed by atoms with Crippen LogP contribution in [0.3, 0.4) is 0 Å². The minimum atomic E-state index is -2.53. The molecule has 0 radical (unpaired) electrons. The molecule has 6 heteroatoms. The average molecular weight is 228 g/mol. The summed E-state index contributed by atoms with van der Waals surface area (Å²) < 4.78 is 25.4. The molecule has 0 bridgehead atoms. The first-order chi connectivity index (χ1) is 5.94. The molecule has 0 heterocycles. The first-order valence-electron chi connectivity index (χ1n) is 4.30. The van der Waals surface area contributed by atoms with Gasteiger partial charge in [0, 0.05) is 11.8 Å². The highest BCUT2D eigenvalue weighted by molar-refractivity contribution is 5.85. The lowest BCUT2D eigenvalue weighted by atomic mass is 9.95. The van der Waals surface area contributed by atoms with E-state index in [9.17, 15) is 13.6 Å². The van der Waals surface area contributed by atoms with E-state index in [2.05, 4.69) is 0 Å². The van der Waals surface area contributed by atoms with E-state index in [0.29, 0.717) is 0 Å². The Balaban J connectivity index is 0.000000980. The van der Waals surface area contributed by atoms with Crippen LogP contribution in [0.1, 0.15) is 12.8 Å². The highest BCUT2D eigenvalue weighted by atomic mass is 35.5. The van der Waals surface area contributed by atoms with Crippen LogP contribution in [0.25, 0.3) is 0 Å². The number of aliphatic carboxylic acids is 1. The summed E-state index contributed by atoms with van der Waals surface area (Å²) in [6.07, 6.45) is 0.538. The molecule has 2 fully saturated rings. The van der Waals surface area contributed by atoms with Crippen LogP contribution in [-0.2, 0) is 4.79 Å². The number of fused-ring (bicyclic) bond motifs is 1. The van der Waals surface area contributed by atoms with Crippen molar-refractivity contribution in [3.63, 3.8) is 0 Å². The van der Waals surface area contributed by atoms with E-state index < -0.39 is 29.8 Å². The summed E-state index contributed by atoms with van der Waals surface area (Å²) in [5.41, 5.74) is 5.35. The Kier molecular flexibility index (Phi) is 2.75. The number of alkyl halides is 2. The molecule has 0 spiro atoms. The molecule has 0 aromatic carbocycles. The van der Waals surface area contributed by atoms with E-state index in [0.717, 1.165) is 0 Å². The maximum atomic E-state index is 12.7. The predicted molar refractivity (Wildman–Crippen MR) is 47.5 cm³/mol. The molecular formula is C8H12ClF2NO2. The largest absolute Gasteiger partial charge is 0.480 e. The van der Waals surface area contributed by atoms with Crippen molar-refractivity contribution >= 4 is 18.4 Å². The molecular weight excluding hydrogens is 216 g/mol. The van der Waals surface area contributed by atoms with Crippen molar-refractivity contribution in [2.24, 2.45) is 23.5 Å². The molecule has 3 unspecified atom stereocenters. The minimum absolute atomic E-state index is 0. The zero-order chi connectivity index (χ0) is 9.80. The van der Waals surface area contributed by atoms with Gasteiger partial charge in [-0.3, -0.25) is 4.79 Å². The molecule has 0 aromatic heterocycles. The lowest BCUT2D eigenvalue weighted by molar-refractivity contribution is -0.140. The van der Waals surface area contributed by atoms with Crippen LogP contribution in [0.15, 0.2) is 0 Å². The normalized spacial score (nSPS) is 39.5. The van der Waals surface area contributed by atoms with Crippen molar-refractivity contribution in [3.05, 3.63) is 0 Å². The average Bonchev–Trinajstić information content (AvgIpc) is 2.53. The number of rotatable bonds is 2. The van der Waals surface area contributed by atoms with Crippen LogP contribution < -0.4 is 5.73 Å². The number of carbonyl (C=O) groups is 1. The zero-order valence-electron chi connectivity index (χ0n) is 7.32. The molecule has 3 nitrogen and oxygen atoms in total. The van der Waals surface area contributed by atoms with Gasteiger partial charge in [0.2, 0.25) is 0 Å². The zero-order valence-corrected chi connectivity index (χ0v) is 8.14. The predicted octanol–water partition coefficient (Wildman–Crippen LogP) is 1.11. The number of hydrogen-bond acceptors (Lipinski definition) is 2. The molecule has 2 saturated carbocycles. The van der Waals surface area contributed by atoms with Gasteiger partial charge in [0.05, 0.1) is 0 Å². The van der Waals surface area contributed by atoms with Gasteiger partial charge in [-0.1, -0.05) is 0 Å². The number of carboxylic acids is 1. The Hall–Kier alpha value is -0.420. The quantitative estimate of drug-likeness (QED) is 0.743. The smallest absolute Gasteiger partial charge is 0.320 e. The van der Waals surface area contributed by atoms with Crippen LogP contribution in [0.2, 0.25) is 0 Å². The Morgan fingerprint density at radius 1 is 1.43 bits per heavy atom.